The van der Waals surface area contributed by atoms with Crippen LogP contribution in [0.15, 0.2) is 6.07 Å². The lowest BCUT2D eigenvalue weighted by Crippen LogP contribution is -2.40. The van der Waals surface area contributed by atoms with Crippen molar-refractivity contribution in [3.63, 3.8) is 0 Å². The Bertz CT molecular complexity index is 537. The Kier molecular flexibility index (Phi) is 6.36. The second-order valence-electron chi connectivity index (χ2n) is 4.52. The van der Waals surface area contributed by atoms with Crippen molar-refractivity contribution < 1.29 is 24.2 Å². The summed E-state index contributed by atoms with van der Waals surface area (Å²) >= 11 is 1.33. The third-order valence-corrected chi connectivity index (χ3v) is 4.19. The minimum absolute atomic E-state index is 0.00125. The van der Waals surface area contributed by atoms with Gasteiger partial charge in [0.2, 0.25) is 0 Å². The van der Waals surface area contributed by atoms with E-state index in [4.69, 9.17) is 5.11 Å². The zero-order chi connectivity index (χ0) is 16.0. The normalized spacial score (nSPS) is 11.8. The van der Waals surface area contributed by atoms with Crippen molar-refractivity contribution in [3.05, 3.63) is 21.4 Å². The summed E-state index contributed by atoms with van der Waals surface area (Å²) < 4.78 is 4.46. The van der Waals surface area contributed by atoms with Crippen molar-refractivity contribution in [2.45, 2.75) is 39.2 Å². The van der Waals surface area contributed by atoms with Crippen molar-refractivity contribution in [2.75, 3.05) is 7.11 Å². The molecule has 1 heterocycles. The second-order valence-corrected chi connectivity index (χ2v) is 5.78. The first-order valence-corrected chi connectivity index (χ1v) is 7.40. The summed E-state index contributed by atoms with van der Waals surface area (Å²) in [6.45, 7) is 3.92. The van der Waals surface area contributed by atoms with Gasteiger partial charge in [-0.2, -0.15) is 0 Å². The van der Waals surface area contributed by atoms with Crippen molar-refractivity contribution in [1.29, 1.82) is 0 Å². The quantitative estimate of drug-likeness (QED) is 0.748. The molecular weight excluding hydrogens is 294 g/mol. The van der Waals surface area contributed by atoms with E-state index in [1.165, 1.54) is 18.4 Å². The summed E-state index contributed by atoms with van der Waals surface area (Å²) in [7, 11) is 1.23. The highest BCUT2D eigenvalue weighted by molar-refractivity contribution is 7.14. The van der Waals surface area contributed by atoms with Gasteiger partial charge in [-0.25, -0.2) is 4.79 Å². The number of methoxy groups -OCH3 is 1. The smallest absolute Gasteiger partial charge is 0.326 e. The largest absolute Gasteiger partial charge is 0.480 e. The molecular formula is C14H19NO5S. The highest BCUT2D eigenvalue weighted by Crippen LogP contribution is 2.22. The first-order chi connectivity index (χ1) is 9.88. The molecule has 1 aromatic heterocycles. The molecule has 7 heteroatoms. The Morgan fingerprint density at radius 1 is 1.43 bits per heavy atom. The molecule has 116 valence electrons. The van der Waals surface area contributed by atoms with E-state index < -0.39 is 23.9 Å². The van der Waals surface area contributed by atoms with Gasteiger partial charge in [0, 0.05) is 11.3 Å². The number of carbonyl (C=O) groups is 3. The number of esters is 1. The maximum Gasteiger partial charge on any atom is 0.326 e. The zero-order valence-electron chi connectivity index (χ0n) is 12.3. The Balaban J connectivity index is 2.71. The molecule has 0 radical (unpaired) electrons. The van der Waals surface area contributed by atoms with E-state index in [2.05, 4.69) is 10.1 Å². The molecule has 0 unspecified atom stereocenters. The minimum Gasteiger partial charge on any atom is -0.480 e. The van der Waals surface area contributed by atoms with Crippen LogP contribution < -0.4 is 5.32 Å². The number of rotatable bonds is 7. The number of aliphatic carboxylic acids is 1. The molecule has 1 aromatic rings. The highest BCUT2D eigenvalue weighted by Gasteiger charge is 2.23. The first kappa shape index (κ1) is 17.2. The molecule has 1 amide bonds. The van der Waals surface area contributed by atoms with Crippen LogP contribution in [-0.4, -0.2) is 36.1 Å². The average Bonchev–Trinajstić information content (AvgIpc) is 2.83. The number of hydrogen-bond donors (Lipinski definition) is 2. The lowest BCUT2D eigenvalue weighted by atomic mass is 10.1. The molecule has 6 nitrogen and oxygen atoms in total. The Morgan fingerprint density at radius 3 is 2.57 bits per heavy atom. The van der Waals surface area contributed by atoms with Crippen LogP contribution in [0.1, 0.15) is 39.9 Å². The number of ether oxygens (including phenoxy) is 1. The fourth-order valence-electron chi connectivity index (χ4n) is 1.83. The molecule has 0 spiro atoms. The molecule has 0 aromatic carbocycles. The van der Waals surface area contributed by atoms with Gasteiger partial charge in [-0.05, 0) is 31.4 Å². The monoisotopic (exact) mass is 313 g/mol. The van der Waals surface area contributed by atoms with Crippen molar-refractivity contribution in [1.82, 2.24) is 5.32 Å². The Labute approximate surface area is 127 Å². The summed E-state index contributed by atoms with van der Waals surface area (Å²) in [5, 5.41) is 11.5. The average molecular weight is 313 g/mol. The van der Waals surface area contributed by atoms with Crippen molar-refractivity contribution >= 4 is 29.2 Å². The van der Waals surface area contributed by atoms with E-state index in [9.17, 15) is 14.4 Å². The van der Waals surface area contributed by atoms with Gasteiger partial charge in [-0.3, -0.25) is 9.59 Å². The number of amides is 1. The molecule has 1 rings (SSSR count). The Hall–Kier alpha value is -1.89. The first-order valence-electron chi connectivity index (χ1n) is 6.58. The van der Waals surface area contributed by atoms with Crippen LogP contribution in [0.3, 0.4) is 0 Å². The SMILES string of the molecule is CCc1cc(C(=O)N[C@@H](CCC(=O)OC)C(=O)O)sc1C. The van der Waals surface area contributed by atoms with Crippen LogP contribution in [0, 0.1) is 6.92 Å². The third-order valence-electron chi connectivity index (χ3n) is 3.09. The van der Waals surface area contributed by atoms with Crippen LogP contribution in [0.25, 0.3) is 0 Å². The molecule has 2 N–H and O–H groups in total. The maximum atomic E-state index is 12.1. The van der Waals surface area contributed by atoms with Gasteiger partial charge in [0.25, 0.3) is 5.91 Å². The van der Waals surface area contributed by atoms with Crippen LogP contribution in [-0.2, 0) is 20.7 Å². The summed E-state index contributed by atoms with van der Waals surface area (Å²) in [6, 6.07) is 0.665. The van der Waals surface area contributed by atoms with E-state index in [0.29, 0.717) is 4.88 Å². The topological polar surface area (TPSA) is 92.7 Å². The number of carboxylic acids is 1. The van der Waals surface area contributed by atoms with E-state index >= 15 is 0 Å². The highest BCUT2D eigenvalue weighted by atomic mass is 32.1. The van der Waals surface area contributed by atoms with E-state index in [0.717, 1.165) is 16.9 Å². The molecule has 0 saturated carbocycles. The summed E-state index contributed by atoms with van der Waals surface area (Å²) in [5.41, 5.74) is 1.08. The molecule has 0 bridgehead atoms. The summed E-state index contributed by atoms with van der Waals surface area (Å²) in [6.07, 6.45) is 0.760. The molecule has 0 saturated heterocycles. The maximum absolute atomic E-state index is 12.1. The lowest BCUT2D eigenvalue weighted by Gasteiger charge is -2.13. The summed E-state index contributed by atoms with van der Waals surface area (Å²) in [4.78, 5) is 35.8. The van der Waals surface area contributed by atoms with Gasteiger partial charge >= 0.3 is 11.9 Å². The van der Waals surface area contributed by atoms with Crippen molar-refractivity contribution in [3.8, 4) is 0 Å². The Morgan fingerprint density at radius 2 is 2.10 bits per heavy atom. The van der Waals surface area contributed by atoms with E-state index in [1.807, 2.05) is 13.8 Å². The minimum atomic E-state index is -1.17. The van der Waals surface area contributed by atoms with Crippen LogP contribution in [0.2, 0.25) is 0 Å². The summed E-state index contributed by atoms with van der Waals surface area (Å²) in [5.74, 6) is -2.10. The number of hydrogen-bond acceptors (Lipinski definition) is 5. The predicted molar refractivity (Wildman–Crippen MR) is 78.6 cm³/mol. The van der Waals surface area contributed by atoms with Gasteiger partial charge in [-0.1, -0.05) is 6.92 Å². The third kappa shape index (κ3) is 4.86. The number of nitrogens with one attached hydrogen (secondary N) is 1. The van der Waals surface area contributed by atoms with Gasteiger partial charge in [-0.15, -0.1) is 11.3 Å². The number of aryl methyl sites for hydroxylation is 2. The van der Waals surface area contributed by atoms with E-state index in [1.54, 1.807) is 6.07 Å². The van der Waals surface area contributed by atoms with Gasteiger partial charge in [0.15, 0.2) is 0 Å². The molecule has 0 aliphatic carbocycles. The van der Waals surface area contributed by atoms with Gasteiger partial charge in [0.1, 0.15) is 6.04 Å². The van der Waals surface area contributed by atoms with Gasteiger partial charge in [0.05, 0.1) is 12.0 Å². The fourth-order valence-corrected chi connectivity index (χ4v) is 2.85. The molecule has 0 fully saturated rings. The number of carbonyl (C=O) groups excluding carboxylic acids is 2. The second kappa shape index (κ2) is 7.78. The van der Waals surface area contributed by atoms with Crippen molar-refractivity contribution in [2.24, 2.45) is 0 Å². The van der Waals surface area contributed by atoms with E-state index in [-0.39, 0.29) is 12.8 Å². The molecule has 0 aliphatic rings. The molecule has 0 aliphatic heterocycles. The molecule has 21 heavy (non-hydrogen) atoms. The number of thiophene rings is 1. The van der Waals surface area contributed by atoms with Crippen LogP contribution >= 0.6 is 11.3 Å². The zero-order valence-corrected chi connectivity index (χ0v) is 13.1. The van der Waals surface area contributed by atoms with Crippen LogP contribution in [0.5, 0.6) is 0 Å². The fraction of sp³-hybridized carbons (Fsp3) is 0.500. The number of carboxylic acid groups (broad SMARTS) is 1. The molecule has 1 atom stereocenters. The van der Waals surface area contributed by atoms with Crippen LogP contribution in [0.4, 0.5) is 0 Å². The standard InChI is InChI=1S/C14H19NO5S/c1-4-9-7-11(21-8(9)2)13(17)15-10(14(18)19)5-6-12(16)20-3/h7,10H,4-6H2,1-3H3,(H,15,17)(H,18,19)/t10-/m0/s1. The predicted octanol–water partition coefficient (Wildman–Crippen LogP) is 1.76. The lowest BCUT2D eigenvalue weighted by molar-refractivity contribution is -0.142. The van der Waals surface area contributed by atoms with Gasteiger partial charge < -0.3 is 15.2 Å².